The van der Waals surface area contributed by atoms with E-state index in [0.717, 1.165) is 15.8 Å². The summed E-state index contributed by atoms with van der Waals surface area (Å²) in [5.41, 5.74) is 3.05. The van der Waals surface area contributed by atoms with Gasteiger partial charge in [-0.25, -0.2) is 0 Å². The third-order valence-electron chi connectivity index (χ3n) is 2.81. The van der Waals surface area contributed by atoms with Crippen LogP contribution < -0.4 is 10.6 Å². The molecule has 0 atom stereocenters. The molecular formula is C16H17BrN2O. The number of amides is 1. The SMILES string of the molecule is Cc1cccc(NCCC(=O)Nc2cccc(Br)c2)c1. The van der Waals surface area contributed by atoms with Gasteiger partial charge >= 0.3 is 0 Å². The van der Waals surface area contributed by atoms with Crippen LogP contribution in [0.3, 0.4) is 0 Å². The van der Waals surface area contributed by atoms with Crippen molar-refractivity contribution in [2.45, 2.75) is 13.3 Å². The van der Waals surface area contributed by atoms with Gasteiger partial charge in [0.2, 0.25) is 5.91 Å². The molecule has 0 unspecified atom stereocenters. The Kier molecular flexibility index (Phi) is 5.18. The van der Waals surface area contributed by atoms with Gasteiger partial charge in [-0.15, -0.1) is 0 Å². The molecule has 104 valence electrons. The quantitative estimate of drug-likeness (QED) is 0.861. The molecule has 0 aliphatic rings. The molecule has 0 saturated heterocycles. The maximum absolute atomic E-state index is 11.8. The van der Waals surface area contributed by atoms with Gasteiger partial charge in [0, 0.05) is 28.8 Å². The minimum absolute atomic E-state index is 0.00301. The van der Waals surface area contributed by atoms with E-state index in [-0.39, 0.29) is 5.91 Å². The lowest BCUT2D eigenvalue weighted by molar-refractivity contribution is -0.115. The van der Waals surface area contributed by atoms with Crippen LogP contribution in [0, 0.1) is 6.92 Å². The minimum atomic E-state index is 0.00301. The van der Waals surface area contributed by atoms with Crippen LogP contribution in [0.15, 0.2) is 53.0 Å². The van der Waals surface area contributed by atoms with E-state index < -0.39 is 0 Å². The third-order valence-corrected chi connectivity index (χ3v) is 3.30. The van der Waals surface area contributed by atoms with Gasteiger partial charge in [-0.2, -0.15) is 0 Å². The molecule has 0 aliphatic carbocycles. The van der Waals surface area contributed by atoms with Crippen molar-refractivity contribution in [1.82, 2.24) is 0 Å². The van der Waals surface area contributed by atoms with E-state index in [0.29, 0.717) is 13.0 Å². The fourth-order valence-corrected chi connectivity index (χ4v) is 2.26. The van der Waals surface area contributed by atoms with Gasteiger partial charge < -0.3 is 10.6 Å². The lowest BCUT2D eigenvalue weighted by Crippen LogP contribution is -2.16. The van der Waals surface area contributed by atoms with Crippen molar-refractivity contribution in [3.05, 3.63) is 58.6 Å². The molecule has 0 radical (unpaired) electrons. The molecule has 0 fully saturated rings. The van der Waals surface area contributed by atoms with Crippen molar-refractivity contribution >= 4 is 33.2 Å². The molecule has 2 N–H and O–H groups in total. The number of carbonyl (C=O) groups is 1. The van der Waals surface area contributed by atoms with Gasteiger partial charge in [-0.1, -0.05) is 34.1 Å². The molecule has 20 heavy (non-hydrogen) atoms. The number of benzene rings is 2. The predicted molar refractivity (Wildman–Crippen MR) is 87.1 cm³/mol. The average molecular weight is 333 g/mol. The van der Waals surface area contributed by atoms with Crippen LogP contribution in [0.4, 0.5) is 11.4 Å². The normalized spacial score (nSPS) is 10.1. The zero-order valence-corrected chi connectivity index (χ0v) is 12.9. The van der Waals surface area contributed by atoms with E-state index in [2.05, 4.69) is 32.6 Å². The molecule has 0 spiro atoms. The van der Waals surface area contributed by atoms with Crippen LogP contribution in [0.5, 0.6) is 0 Å². The Morgan fingerprint density at radius 3 is 2.60 bits per heavy atom. The molecular weight excluding hydrogens is 316 g/mol. The number of hydrogen-bond acceptors (Lipinski definition) is 2. The first kappa shape index (κ1) is 14.6. The molecule has 3 nitrogen and oxygen atoms in total. The highest BCUT2D eigenvalue weighted by atomic mass is 79.9. The lowest BCUT2D eigenvalue weighted by Gasteiger charge is -2.08. The van der Waals surface area contributed by atoms with E-state index in [1.54, 1.807) is 0 Å². The Morgan fingerprint density at radius 1 is 1.10 bits per heavy atom. The van der Waals surface area contributed by atoms with E-state index in [9.17, 15) is 4.79 Å². The molecule has 2 rings (SSSR count). The highest BCUT2D eigenvalue weighted by molar-refractivity contribution is 9.10. The van der Waals surface area contributed by atoms with E-state index >= 15 is 0 Å². The van der Waals surface area contributed by atoms with Gasteiger partial charge in [0.05, 0.1) is 0 Å². The Labute approximate surface area is 127 Å². The Balaban J connectivity index is 1.78. The smallest absolute Gasteiger partial charge is 0.226 e. The highest BCUT2D eigenvalue weighted by Gasteiger charge is 2.02. The number of rotatable bonds is 5. The monoisotopic (exact) mass is 332 g/mol. The predicted octanol–water partition coefficient (Wildman–Crippen LogP) is 4.20. The van der Waals surface area contributed by atoms with Crippen LogP contribution >= 0.6 is 15.9 Å². The van der Waals surface area contributed by atoms with Crippen LogP contribution in [0.25, 0.3) is 0 Å². The van der Waals surface area contributed by atoms with Crippen molar-refractivity contribution in [1.29, 1.82) is 0 Å². The summed E-state index contributed by atoms with van der Waals surface area (Å²) in [7, 11) is 0. The van der Waals surface area contributed by atoms with Crippen LogP contribution in [0.2, 0.25) is 0 Å². The Morgan fingerprint density at radius 2 is 1.85 bits per heavy atom. The summed E-state index contributed by atoms with van der Waals surface area (Å²) in [4.78, 5) is 11.8. The molecule has 2 aromatic carbocycles. The van der Waals surface area contributed by atoms with Crippen molar-refractivity contribution in [3.63, 3.8) is 0 Å². The third kappa shape index (κ3) is 4.70. The van der Waals surface area contributed by atoms with Crippen LogP contribution in [-0.4, -0.2) is 12.5 Å². The largest absolute Gasteiger partial charge is 0.385 e. The number of aryl methyl sites for hydroxylation is 1. The lowest BCUT2D eigenvalue weighted by atomic mass is 10.2. The summed E-state index contributed by atoms with van der Waals surface area (Å²) in [6.45, 7) is 2.66. The summed E-state index contributed by atoms with van der Waals surface area (Å²) in [6, 6.07) is 15.7. The summed E-state index contributed by atoms with van der Waals surface area (Å²) in [5.74, 6) is 0.00301. The molecule has 0 saturated carbocycles. The van der Waals surface area contributed by atoms with E-state index in [4.69, 9.17) is 0 Å². The Hall–Kier alpha value is -1.81. The van der Waals surface area contributed by atoms with Gasteiger partial charge in [0.15, 0.2) is 0 Å². The first-order chi connectivity index (χ1) is 9.63. The first-order valence-corrected chi connectivity index (χ1v) is 7.29. The van der Waals surface area contributed by atoms with E-state index in [1.807, 2.05) is 49.4 Å². The molecule has 0 aliphatic heterocycles. The molecule has 2 aromatic rings. The topological polar surface area (TPSA) is 41.1 Å². The average Bonchev–Trinajstić information content (AvgIpc) is 2.38. The molecule has 0 bridgehead atoms. The second kappa shape index (κ2) is 7.10. The second-order valence-corrected chi connectivity index (χ2v) is 5.52. The first-order valence-electron chi connectivity index (χ1n) is 6.49. The number of anilines is 2. The van der Waals surface area contributed by atoms with Crippen molar-refractivity contribution in [2.24, 2.45) is 0 Å². The maximum Gasteiger partial charge on any atom is 0.226 e. The van der Waals surface area contributed by atoms with Crippen molar-refractivity contribution in [2.75, 3.05) is 17.2 Å². The summed E-state index contributed by atoms with van der Waals surface area (Å²) in [5, 5.41) is 6.11. The zero-order chi connectivity index (χ0) is 14.4. The second-order valence-electron chi connectivity index (χ2n) is 4.60. The summed E-state index contributed by atoms with van der Waals surface area (Å²) in [6.07, 6.45) is 0.431. The number of nitrogens with one attached hydrogen (secondary N) is 2. The molecule has 1 amide bonds. The Bertz CT molecular complexity index is 599. The summed E-state index contributed by atoms with van der Waals surface area (Å²) < 4.78 is 0.952. The zero-order valence-electron chi connectivity index (χ0n) is 11.3. The van der Waals surface area contributed by atoms with E-state index in [1.165, 1.54) is 5.56 Å². The van der Waals surface area contributed by atoms with Gasteiger partial charge in [-0.05, 0) is 42.8 Å². The molecule has 0 heterocycles. The number of halogens is 1. The minimum Gasteiger partial charge on any atom is -0.385 e. The standard InChI is InChI=1S/C16H17BrN2O/c1-12-4-2-6-14(10-12)18-9-8-16(20)19-15-7-3-5-13(17)11-15/h2-7,10-11,18H,8-9H2,1H3,(H,19,20). The number of hydrogen-bond donors (Lipinski definition) is 2. The van der Waals surface area contributed by atoms with Crippen LogP contribution in [-0.2, 0) is 4.79 Å². The summed E-state index contributed by atoms with van der Waals surface area (Å²) >= 11 is 3.38. The van der Waals surface area contributed by atoms with Gasteiger partial charge in [-0.3, -0.25) is 4.79 Å². The van der Waals surface area contributed by atoms with Gasteiger partial charge in [0.1, 0.15) is 0 Å². The fourth-order valence-electron chi connectivity index (χ4n) is 1.87. The molecule has 0 aromatic heterocycles. The number of carbonyl (C=O) groups excluding carboxylic acids is 1. The van der Waals surface area contributed by atoms with Crippen molar-refractivity contribution in [3.8, 4) is 0 Å². The van der Waals surface area contributed by atoms with Crippen LogP contribution in [0.1, 0.15) is 12.0 Å². The highest BCUT2D eigenvalue weighted by Crippen LogP contribution is 2.15. The molecule has 4 heteroatoms. The van der Waals surface area contributed by atoms with Gasteiger partial charge in [0.25, 0.3) is 0 Å². The van der Waals surface area contributed by atoms with Crippen molar-refractivity contribution < 1.29 is 4.79 Å². The maximum atomic E-state index is 11.8. The fraction of sp³-hybridized carbons (Fsp3) is 0.188.